The van der Waals surface area contributed by atoms with Gasteiger partial charge in [-0.15, -0.1) is 12.4 Å². The average molecular weight is 372 g/mol. The van der Waals surface area contributed by atoms with E-state index in [1.807, 2.05) is 24.3 Å². The third-order valence-electron chi connectivity index (χ3n) is 3.35. The predicted molar refractivity (Wildman–Crippen MR) is 87.2 cm³/mol. The first kappa shape index (κ1) is 16.0. The van der Waals surface area contributed by atoms with Crippen LogP contribution in [-0.2, 0) is 0 Å². The van der Waals surface area contributed by atoms with Crippen LogP contribution in [0.2, 0.25) is 0 Å². The summed E-state index contributed by atoms with van der Waals surface area (Å²) in [6.07, 6.45) is 3.34. The van der Waals surface area contributed by atoms with Gasteiger partial charge < -0.3 is 10.6 Å². The molecule has 0 saturated carbocycles. The highest BCUT2D eigenvalue weighted by molar-refractivity contribution is 9.10. The normalized spacial score (nSPS) is 14.1. The number of halogens is 2. The van der Waals surface area contributed by atoms with Crippen molar-refractivity contribution in [1.29, 1.82) is 0 Å². The van der Waals surface area contributed by atoms with Gasteiger partial charge in [-0.25, -0.2) is 4.68 Å². The van der Waals surface area contributed by atoms with Crippen LogP contribution < -0.4 is 10.6 Å². The summed E-state index contributed by atoms with van der Waals surface area (Å²) >= 11 is 3.39. The number of nitrogens with one attached hydrogen (secondary N) is 2. The minimum absolute atomic E-state index is 0. The number of hydrogen-bond acceptors (Lipinski definition) is 3. The van der Waals surface area contributed by atoms with Crippen molar-refractivity contribution in [3.8, 4) is 5.69 Å². The highest BCUT2D eigenvalue weighted by Crippen LogP contribution is 2.14. The smallest absolute Gasteiger partial charge is 0.254 e. The molecule has 3 rings (SSSR count). The van der Waals surface area contributed by atoms with E-state index in [1.54, 1.807) is 17.1 Å². The lowest BCUT2D eigenvalue weighted by Crippen LogP contribution is -2.48. The van der Waals surface area contributed by atoms with E-state index in [2.05, 4.69) is 31.7 Å². The second kappa shape index (κ2) is 7.06. The van der Waals surface area contributed by atoms with Crippen LogP contribution in [0, 0.1) is 5.92 Å². The summed E-state index contributed by atoms with van der Waals surface area (Å²) in [5.41, 5.74) is 1.51. The number of aromatic nitrogens is 2. The van der Waals surface area contributed by atoms with Gasteiger partial charge in [0.15, 0.2) is 0 Å². The first-order valence-electron chi connectivity index (χ1n) is 6.52. The van der Waals surface area contributed by atoms with E-state index in [0.29, 0.717) is 11.5 Å². The van der Waals surface area contributed by atoms with Gasteiger partial charge in [-0.3, -0.25) is 4.79 Å². The van der Waals surface area contributed by atoms with Crippen LogP contribution in [0.15, 0.2) is 41.1 Å². The second-order valence-corrected chi connectivity index (χ2v) is 5.80. The van der Waals surface area contributed by atoms with E-state index >= 15 is 0 Å². The average Bonchev–Trinajstić information content (AvgIpc) is 2.87. The second-order valence-electron chi connectivity index (χ2n) is 4.88. The number of rotatable bonds is 4. The Morgan fingerprint density at radius 1 is 1.38 bits per heavy atom. The first-order valence-corrected chi connectivity index (χ1v) is 7.31. The minimum Gasteiger partial charge on any atom is -0.352 e. The van der Waals surface area contributed by atoms with Crippen molar-refractivity contribution in [2.45, 2.75) is 0 Å². The standard InChI is InChI=1S/C14H15BrN4O.ClH/c15-12-1-3-13(4-2-12)19-9-11(8-18-19)14(20)17-7-10-5-16-6-10;/h1-4,8-10,16H,5-7H2,(H,17,20);1H. The van der Waals surface area contributed by atoms with Gasteiger partial charge in [0.25, 0.3) is 5.91 Å². The minimum atomic E-state index is -0.0692. The molecule has 2 aromatic rings. The van der Waals surface area contributed by atoms with Crippen LogP contribution in [0.5, 0.6) is 0 Å². The maximum Gasteiger partial charge on any atom is 0.254 e. The number of benzene rings is 1. The summed E-state index contributed by atoms with van der Waals surface area (Å²) in [4.78, 5) is 12.0. The summed E-state index contributed by atoms with van der Waals surface area (Å²) in [6.45, 7) is 2.69. The van der Waals surface area contributed by atoms with Crippen molar-refractivity contribution in [2.75, 3.05) is 19.6 Å². The Labute approximate surface area is 137 Å². The number of carbonyl (C=O) groups is 1. The maximum atomic E-state index is 12.0. The molecule has 0 bridgehead atoms. The van der Waals surface area contributed by atoms with Crippen molar-refractivity contribution in [1.82, 2.24) is 20.4 Å². The predicted octanol–water partition coefficient (Wildman–Crippen LogP) is 2.01. The lowest BCUT2D eigenvalue weighted by atomic mass is 10.0. The lowest BCUT2D eigenvalue weighted by molar-refractivity contribution is 0.0942. The van der Waals surface area contributed by atoms with Crippen LogP contribution in [-0.4, -0.2) is 35.3 Å². The molecule has 1 aromatic heterocycles. The van der Waals surface area contributed by atoms with Gasteiger partial charge in [0.05, 0.1) is 17.4 Å². The zero-order valence-electron chi connectivity index (χ0n) is 11.3. The Morgan fingerprint density at radius 3 is 2.71 bits per heavy atom. The van der Waals surface area contributed by atoms with Crippen molar-refractivity contribution in [3.05, 3.63) is 46.7 Å². The fourth-order valence-electron chi connectivity index (χ4n) is 2.01. The summed E-state index contributed by atoms with van der Waals surface area (Å²) in [5.74, 6) is 0.487. The maximum absolute atomic E-state index is 12.0. The van der Waals surface area contributed by atoms with Crippen LogP contribution in [0.25, 0.3) is 5.69 Å². The van der Waals surface area contributed by atoms with Crippen molar-refractivity contribution >= 4 is 34.2 Å². The number of nitrogens with zero attached hydrogens (tertiary/aromatic N) is 2. The van der Waals surface area contributed by atoms with Gasteiger partial charge in [0.1, 0.15) is 0 Å². The third kappa shape index (κ3) is 3.84. The molecule has 1 amide bonds. The Kier molecular flexibility index (Phi) is 5.39. The van der Waals surface area contributed by atoms with Gasteiger partial charge in [0.2, 0.25) is 0 Å². The molecule has 1 aromatic carbocycles. The van der Waals surface area contributed by atoms with Gasteiger partial charge >= 0.3 is 0 Å². The molecule has 1 fully saturated rings. The van der Waals surface area contributed by atoms with E-state index in [1.165, 1.54) is 0 Å². The van der Waals surface area contributed by atoms with E-state index < -0.39 is 0 Å². The van der Waals surface area contributed by atoms with Gasteiger partial charge in [0, 0.05) is 36.2 Å². The van der Waals surface area contributed by atoms with Crippen molar-refractivity contribution in [2.24, 2.45) is 5.92 Å². The topological polar surface area (TPSA) is 59.0 Å². The zero-order valence-corrected chi connectivity index (χ0v) is 13.7. The quantitative estimate of drug-likeness (QED) is 0.864. The van der Waals surface area contributed by atoms with Gasteiger partial charge in [-0.05, 0) is 24.3 Å². The van der Waals surface area contributed by atoms with Crippen LogP contribution in [0.1, 0.15) is 10.4 Å². The van der Waals surface area contributed by atoms with Crippen LogP contribution in [0.4, 0.5) is 0 Å². The SMILES string of the molecule is Cl.O=C(NCC1CNC1)c1cnn(-c2ccc(Br)cc2)c1. The molecule has 0 aliphatic carbocycles. The van der Waals surface area contributed by atoms with Crippen molar-refractivity contribution < 1.29 is 4.79 Å². The lowest BCUT2D eigenvalue weighted by Gasteiger charge is -2.26. The molecule has 2 N–H and O–H groups in total. The molecule has 1 saturated heterocycles. The molecule has 0 radical (unpaired) electrons. The highest BCUT2D eigenvalue weighted by atomic mass is 79.9. The van der Waals surface area contributed by atoms with Crippen molar-refractivity contribution in [3.63, 3.8) is 0 Å². The summed E-state index contributed by atoms with van der Waals surface area (Å²) in [7, 11) is 0. The molecule has 112 valence electrons. The third-order valence-corrected chi connectivity index (χ3v) is 3.88. The molecule has 2 heterocycles. The largest absolute Gasteiger partial charge is 0.352 e. The molecule has 0 spiro atoms. The Morgan fingerprint density at radius 2 is 2.10 bits per heavy atom. The summed E-state index contributed by atoms with van der Waals surface area (Å²) in [5, 5.41) is 10.3. The first-order chi connectivity index (χ1) is 9.72. The molecule has 0 atom stereocenters. The Balaban J connectivity index is 0.00000161. The van der Waals surface area contributed by atoms with E-state index in [0.717, 1.165) is 29.8 Å². The molecule has 1 aliphatic rings. The fraction of sp³-hybridized carbons (Fsp3) is 0.286. The summed E-state index contributed by atoms with van der Waals surface area (Å²) < 4.78 is 2.71. The highest BCUT2D eigenvalue weighted by Gasteiger charge is 2.18. The number of carbonyl (C=O) groups excluding carboxylic acids is 1. The molecular formula is C14H16BrClN4O. The number of amides is 1. The Hall–Kier alpha value is -1.37. The molecular weight excluding hydrogens is 356 g/mol. The fourth-order valence-corrected chi connectivity index (χ4v) is 2.27. The van der Waals surface area contributed by atoms with E-state index in [9.17, 15) is 4.79 Å². The number of hydrogen-bond donors (Lipinski definition) is 2. The summed E-state index contributed by atoms with van der Waals surface area (Å²) in [6, 6.07) is 7.78. The van der Waals surface area contributed by atoms with Gasteiger partial charge in [-0.2, -0.15) is 5.10 Å². The molecule has 7 heteroatoms. The van der Waals surface area contributed by atoms with Crippen LogP contribution in [0.3, 0.4) is 0 Å². The van der Waals surface area contributed by atoms with Gasteiger partial charge in [-0.1, -0.05) is 15.9 Å². The zero-order chi connectivity index (χ0) is 13.9. The molecule has 1 aliphatic heterocycles. The van der Waals surface area contributed by atoms with E-state index in [-0.39, 0.29) is 18.3 Å². The molecule has 21 heavy (non-hydrogen) atoms. The molecule has 5 nitrogen and oxygen atoms in total. The van der Waals surface area contributed by atoms with Crippen LogP contribution >= 0.6 is 28.3 Å². The van der Waals surface area contributed by atoms with E-state index in [4.69, 9.17) is 0 Å². The monoisotopic (exact) mass is 370 g/mol. The Bertz CT molecular complexity index is 610. The molecule has 0 unspecified atom stereocenters.